The molecule has 23 heavy (non-hydrogen) atoms. The number of rotatable bonds is 5. The molecule has 0 aliphatic carbocycles. The van der Waals surface area contributed by atoms with Crippen molar-refractivity contribution in [2.75, 3.05) is 5.32 Å². The number of furan rings is 1. The zero-order chi connectivity index (χ0) is 16.4. The minimum atomic E-state index is -0.219. The molecule has 0 saturated carbocycles. The second-order valence-electron chi connectivity index (χ2n) is 5.35. The Balaban J connectivity index is 1.80. The van der Waals surface area contributed by atoms with Gasteiger partial charge in [-0.25, -0.2) is 0 Å². The van der Waals surface area contributed by atoms with Crippen molar-refractivity contribution < 1.29 is 14.0 Å². The molecule has 0 fully saturated rings. The van der Waals surface area contributed by atoms with Crippen LogP contribution in [0.5, 0.6) is 0 Å². The van der Waals surface area contributed by atoms with Crippen LogP contribution in [0.3, 0.4) is 0 Å². The molecule has 2 aromatic heterocycles. The number of carbonyl (C=O) groups excluding carboxylic acids is 2. The summed E-state index contributed by atoms with van der Waals surface area (Å²) in [7, 11) is 1.84. The molecule has 2 heterocycles. The Bertz CT molecular complexity index is 876. The maximum Gasteiger partial charge on any atom is 0.224 e. The lowest BCUT2D eigenvalue weighted by molar-refractivity contribution is -0.116. The number of amides is 1. The number of aromatic nitrogens is 2. The van der Waals surface area contributed by atoms with Gasteiger partial charge in [0.05, 0.1) is 5.69 Å². The van der Waals surface area contributed by atoms with E-state index in [1.807, 2.05) is 31.3 Å². The van der Waals surface area contributed by atoms with E-state index in [9.17, 15) is 9.59 Å². The van der Waals surface area contributed by atoms with E-state index in [-0.39, 0.29) is 17.5 Å². The summed E-state index contributed by atoms with van der Waals surface area (Å²) < 4.78 is 7.29. The van der Waals surface area contributed by atoms with E-state index in [4.69, 9.17) is 4.42 Å². The van der Waals surface area contributed by atoms with Gasteiger partial charge in [0.1, 0.15) is 5.58 Å². The van der Waals surface area contributed by atoms with E-state index < -0.39 is 0 Å². The van der Waals surface area contributed by atoms with Crippen LogP contribution < -0.4 is 5.32 Å². The molecular formula is C17H17N3O3. The van der Waals surface area contributed by atoms with Crippen LogP contribution in [0.25, 0.3) is 11.0 Å². The zero-order valence-electron chi connectivity index (χ0n) is 13.0. The van der Waals surface area contributed by atoms with Gasteiger partial charge in [-0.05, 0) is 24.6 Å². The highest BCUT2D eigenvalue weighted by Crippen LogP contribution is 2.31. The molecule has 0 saturated heterocycles. The van der Waals surface area contributed by atoms with Crippen LogP contribution >= 0.6 is 0 Å². The third-order valence-electron chi connectivity index (χ3n) is 3.71. The fourth-order valence-electron chi connectivity index (χ4n) is 2.51. The Labute approximate surface area is 133 Å². The number of ketones is 1. The molecule has 0 unspecified atom stereocenters. The fraction of sp³-hybridized carbons (Fsp3) is 0.235. The summed E-state index contributed by atoms with van der Waals surface area (Å²) in [4.78, 5) is 24.0. The number of nitrogens with one attached hydrogen (secondary N) is 1. The molecule has 0 atom stereocenters. The first-order chi connectivity index (χ1) is 11.1. The largest absolute Gasteiger partial charge is 0.451 e. The summed E-state index contributed by atoms with van der Waals surface area (Å²) >= 11 is 0. The molecule has 0 bridgehead atoms. The van der Waals surface area contributed by atoms with E-state index >= 15 is 0 Å². The Kier molecular flexibility index (Phi) is 3.97. The second kappa shape index (κ2) is 6.08. The van der Waals surface area contributed by atoms with Crippen LogP contribution in [0.15, 0.2) is 40.9 Å². The molecule has 1 aromatic carbocycles. The molecular weight excluding hydrogens is 294 g/mol. The normalized spacial score (nSPS) is 10.9. The average molecular weight is 311 g/mol. The number of carbonyl (C=O) groups is 2. The minimum absolute atomic E-state index is 0.166. The number of para-hydroxylation sites is 1. The first-order valence-electron chi connectivity index (χ1n) is 7.35. The number of benzene rings is 1. The molecule has 1 amide bonds. The van der Waals surface area contributed by atoms with E-state index in [2.05, 4.69) is 10.4 Å². The maximum absolute atomic E-state index is 12.2. The van der Waals surface area contributed by atoms with Crippen LogP contribution in [0.2, 0.25) is 0 Å². The Morgan fingerprint density at radius 2 is 2.04 bits per heavy atom. The van der Waals surface area contributed by atoms with Gasteiger partial charge in [0, 0.05) is 37.7 Å². The maximum atomic E-state index is 12.2. The van der Waals surface area contributed by atoms with Crippen molar-refractivity contribution in [3.63, 3.8) is 0 Å². The molecule has 0 spiro atoms. The van der Waals surface area contributed by atoms with Gasteiger partial charge in [0.25, 0.3) is 0 Å². The molecule has 6 nitrogen and oxygen atoms in total. The van der Waals surface area contributed by atoms with Gasteiger partial charge in [-0.3, -0.25) is 14.3 Å². The van der Waals surface area contributed by atoms with Crippen molar-refractivity contribution in [3.8, 4) is 0 Å². The lowest BCUT2D eigenvalue weighted by Gasteiger charge is -2.05. The van der Waals surface area contributed by atoms with Gasteiger partial charge < -0.3 is 9.73 Å². The number of hydrogen-bond donors (Lipinski definition) is 1. The number of aryl methyl sites for hydroxylation is 2. The van der Waals surface area contributed by atoms with Gasteiger partial charge in [0.15, 0.2) is 11.5 Å². The Morgan fingerprint density at radius 3 is 2.74 bits per heavy atom. The number of hydrogen-bond acceptors (Lipinski definition) is 4. The predicted octanol–water partition coefficient (Wildman–Crippen LogP) is 2.94. The monoisotopic (exact) mass is 311 g/mol. The topological polar surface area (TPSA) is 77.1 Å². The van der Waals surface area contributed by atoms with E-state index in [0.29, 0.717) is 24.1 Å². The van der Waals surface area contributed by atoms with Crippen molar-refractivity contribution in [1.29, 1.82) is 0 Å². The first kappa shape index (κ1) is 15.0. The van der Waals surface area contributed by atoms with Crippen molar-refractivity contribution >= 4 is 28.3 Å². The number of anilines is 1. The van der Waals surface area contributed by atoms with E-state index in [0.717, 1.165) is 11.1 Å². The second-order valence-corrected chi connectivity index (χ2v) is 5.35. The van der Waals surface area contributed by atoms with Crippen LogP contribution in [-0.4, -0.2) is 21.5 Å². The third-order valence-corrected chi connectivity index (χ3v) is 3.71. The molecule has 3 aromatic rings. The molecule has 1 N–H and O–H groups in total. The Hall–Kier alpha value is -2.89. The highest BCUT2D eigenvalue weighted by atomic mass is 16.3. The van der Waals surface area contributed by atoms with E-state index in [1.165, 1.54) is 6.92 Å². The van der Waals surface area contributed by atoms with Crippen LogP contribution in [0.4, 0.5) is 5.69 Å². The number of Topliss-reactive ketones (excluding diaryl/α,β-unsaturated/α-hetero) is 1. The zero-order valence-corrected chi connectivity index (χ0v) is 13.0. The van der Waals surface area contributed by atoms with Gasteiger partial charge in [0.2, 0.25) is 5.91 Å². The summed E-state index contributed by atoms with van der Waals surface area (Å²) in [5, 5.41) is 7.62. The van der Waals surface area contributed by atoms with Crippen molar-refractivity contribution in [1.82, 2.24) is 9.78 Å². The van der Waals surface area contributed by atoms with Gasteiger partial charge in [-0.1, -0.05) is 12.1 Å². The summed E-state index contributed by atoms with van der Waals surface area (Å²) in [6, 6.07) is 9.13. The van der Waals surface area contributed by atoms with Crippen molar-refractivity contribution in [2.24, 2.45) is 7.05 Å². The highest BCUT2D eigenvalue weighted by Gasteiger charge is 2.19. The molecule has 0 aliphatic heterocycles. The SMILES string of the molecule is CC(=O)c1oc2ccccc2c1NC(=O)CCc1ccnn1C. The number of nitrogens with zero attached hydrogens (tertiary/aromatic N) is 2. The van der Waals surface area contributed by atoms with Gasteiger partial charge >= 0.3 is 0 Å². The third kappa shape index (κ3) is 3.01. The molecule has 0 aliphatic rings. The highest BCUT2D eigenvalue weighted by molar-refractivity contribution is 6.10. The predicted molar refractivity (Wildman–Crippen MR) is 86.4 cm³/mol. The summed E-state index contributed by atoms with van der Waals surface area (Å²) in [6.45, 7) is 1.42. The standard InChI is InChI=1S/C17H17N3O3/c1-11(21)17-16(13-5-3-4-6-14(13)23-17)19-15(22)8-7-12-9-10-18-20(12)2/h3-6,9-10H,7-8H2,1-2H3,(H,19,22). The molecule has 3 rings (SSSR count). The molecule has 118 valence electrons. The smallest absolute Gasteiger partial charge is 0.224 e. The Morgan fingerprint density at radius 1 is 1.26 bits per heavy atom. The van der Waals surface area contributed by atoms with Crippen LogP contribution in [-0.2, 0) is 18.3 Å². The van der Waals surface area contributed by atoms with Crippen LogP contribution in [0.1, 0.15) is 29.6 Å². The lowest BCUT2D eigenvalue weighted by Crippen LogP contribution is -2.14. The van der Waals surface area contributed by atoms with E-state index in [1.54, 1.807) is 16.9 Å². The number of fused-ring (bicyclic) bond motifs is 1. The van der Waals surface area contributed by atoms with Crippen LogP contribution in [0, 0.1) is 0 Å². The summed E-state index contributed by atoms with van der Waals surface area (Å²) in [5.41, 5.74) is 2.01. The fourth-order valence-corrected chi connectivity index (χ4v) is 2.51. The van der Waals surface area contributed by atoms with Crippen molar-refractivity contribution in [2.45, 2.75) is 19.8 Å². The summed E-state index contributed by atoms with van der Waals surface area (Å²) in [5.74, 6) is -0.205. The van der Waals surface area contributed by atoms with Gasteiger partial charge in [-0.15, -0.1) is 0 Å². The average Bonchev–Trinajstić information content (AvgIpc) is 3.09. The quantitative estimate of drug-likeness (QED) is 0.735. The van der Waals surface area contributed by atoms with Crippen molar-refractivity contribution in [3.05, 3.63) is 48.0 Å². The lowest BCUT2D eigenvalue weighted by atomic mass is 10.1. The first-order valence-corrected chi connectivity index (χ1v) is 7.35. The summed E-state index contributed by atoms with van der Waals surface area (Å²) in [6.07, 6.45) is 2.58. The van der Waals surface area contributed by atoms with Gasteiger partial charge in [-0.2, -0.15) is 5.10 Å². The minimum Gasteiger partial charge on any atom is -0.451 e. The molecule has 0 radical (unpaired) electrons. The molecule has 6 heteroatoms.